The summed E-state index contributed by atoms with van der Waals surface area (Å²) in [5.41, 5.74) is 2.64. The SMILES string of the molecule is CC(C)C1CNc2ccncc2C1. The maximum absolute atomic E-state index is 4.15. The van der Waals surface area contributed by atoms with E-state index in [4.69, 9.17) is 0 Å². The van der Waals surface area contributed by atoms with Crippen molar-refractivity contribution >= 4 is 5.69 Å². The molecule has 1 atom stereocenters. The van der Waals surface area contributed by atoms with Crippen LogP contribution < -0.4 is 5.32 Å². The van der Waals surface area contributed by atoms with Gasteiger partial charge in [-0.05, 0) is 29.9 Å². The Bertz CT molecular complexity index is 294. The second-order valence-electron chi connectivity index (χ2n) is 4.12. The molecule has 0 spiro atoms. The molecule has 0 saturated carbocycles. The first-order chi connectivity index (χ1) is 6.27. The molecule has 2 heterocycles. The van der Waals surface area contributed by atoms with Crippen molar-refractivity contribution in [3.05, 3.63) is 24.0 Å². The molecule has 0 bridgehead atoms. The van der Waals surface area contributed by atoms with Crippen LogP contribution in [-0.4, -0.2) is 11.5 Å². The Morgan fingerprint density at radius 2 is 2.38 bits per heavy atom. The second kappa shape index (κ2) is 3.36. The van der Waals surface area contributed by atoms with Crippen LogP contribution in [0.2, 0.25) is 0 Å². The number of aromatic nitrogens is 1. The number of hydrogen-bond acceptors (Lipinski definition) is 2. The number of nitrogens with zero attached hydrogens (tertiary/aromatic N) is 1. The van der Waals surface area contributed by atoms with Gasteiger partial charge in [-0.3, -0.25) is 4.98 Å². The zero-order chi connectivity index (χ0) is 9.26. The summed E-state index contributed by atoms with van der Waals surface area (Å²) in [5, 5.41) is 3.45. The number of anilines is 1. The van der Waals surface area contributed by atoms with Gasteiger partial charge in [0.1, 0.15) is 0 Å². The van der Waals surface area contributed by atoms with E-state index in [0.717, 1.165) is 18.4 Å². The Morgan fingerprint density at radius 1 is 1.54 bits per heavy atom. The molecular formula is C11H16N2. The maximum atomic E-state index is 4.15. The van der Waals surface area contributed by atoms with Crippen molar-refractivity contribution in [2.75, 3.05) is 11.9 Å². The summed E-state index contributed by atoms with van der Waals surface area (Å²) in [6.07, 6.45) is 5.01. The summed E-state index contributed by atoms with van der Waals surface area (Å²) in [6.45, 7) is 5.68. The molecule has 1 aromatic heterocycles. The summed E-state index contributed by atoms with van der Waals surface area (Å²) >= 11 is 0. The van der Waals surface area contributed by atoms with E-state index in [1.807, 2.05) is 12.4 Å². The van der Waals surface area contributed by atoms with Crippen LogP contribution >= 0.6 is 0 Å². The zero-order valence-corrected chi connectivity index (χ0v) is 8.25. The third kappa shape index (κ3) is 1.67. The molecule has 0 radical (unpaired) electrons. The lowest BCUT2D eigenvalue weighted by Gasteiger charge is -2.28. The van der Waals surface area contributed by atoms with E-state index in [-0.39, 0.29) is 0 Å². The lowest BCUT2D eigenvalue weighted by Crippen LogP contribution is -2.26. The van der Waals surface area contributed by atoms with Gasteiger partial charge in [0.2, 0.25) is 0 Å². The van der Waals surface area contributed by atoms with Crippen LogP contribution in [0.1, 0.15) is 19.4 Å². The van der Waals surface area contributed by atoms with Crippen molar-refractivity contribution in [2.45, 2.75) is 20.3 Å². The molecule has 0 fully saturated rings. The fourth-order valence-electron chi connectivity index (χ4n) is 1.83. The Morgan fingerprint density at radius 3 is 3.15 bits per heavy atom. The third-order valence-electron chi connectivity index (χ3n) is 2.88. The molecule has 1 aliphatic rings. The second-order valence-corrected chi connectivity index (χ2v) is 4.12. The molecule has 2 heteroatoms. The number of rotatable bonds is 1. The van der Waals surface area contributed by atoms with Gasteiger partial charge in [0.15, 0.2) is 0 Å². The molecule has 0 aromatic carbocycles. The van der Waals surface area contributed by atoms with Crippen LogP contribution in [0.5, 0.6) is 0 Å². The average molecular weight is 176 g/mol. The molecule has 1 N–H and O–H groups in total. The highest BCUT2D eigenvalue weighted by Gasteiger charge is 2.20. The number of nitrogens with one attached hydrogen (secondary N) is 1. The van der Waals surface area contributed by atoms with E-state index in [1.54, 1.807) is 0 Å². The highest BCUT2D eigenvalue weighted by molar-refractivity contribution is 5.51. The van der Waals surface area contributed by atoms with Crippen molar-refractivity contribution in [1.82, 2.24) is 4.98 Å². The summed E-state index contributed by atoms with van der Waals surface area (Å²) in [4.78, 5) is 4.15. The Labute approximate surface area is 79.4 Å². The summed E-state index contributed by atoms with van der Waals surface area (Å²) in [6, 6.07) is 2.06. The van der Waals surface area contributed by atoms with Crippen molar-refractivity contribution in [3.63, 3.8) is 0 Å². The van der Waals surface area contributed by atoms with Gasteiger partial charge in [-0.15, -0.1) is 0 Å². The Hall–Kier alpha value is -1.05. The molecular weight excluding hydrogens is 160 g/mol. The maximum Gasteiger partial charge on any atom is 0.0403 e. The van der Waals surface area contributed by atoms with Crippen molar-refractivity contribution in [2.24, 2.45) is 11.8 Å². The minimum Gasteiger partial charge on any atom is -0.384 e. The first-order valence-electron chi connectivity index (χ1n) is 4.94. The number of pyridine rings is 1. The summed E-state index contributed by atoms with van der Waals surface area (Å²) in [7, 11) is 0. The topological polar surface area (TPSA) is 24.9 Å². The third-order valence-corrected chi connectivity index (χ3v) is 2.88. The molecule has 1 aliphatic heterocycles. The first kappa shape index (κ1) is 8.54. The molecule has 1 aromatic rings. The predicted molar refractivity (Wildman–Crippen MR) is 54.8 cm³/mol. The van der Waals surface area contributed by atoms with Crippen LogP contribution in [0.15, 0.2) is 18.5 Å². The average Bonchev–Trinajstić information content (AvgIpc) is 2.17. The molecule has 1 unspecified atom stereocenters. The van der Waals surface area contributed by atoms with Gasteiger partial charge in [-0.25, -0.2) is 0 Å². The minimum absolute atomic E-state index is 0.751. The van der Waals surface area contributed by atoms with Crippen LogP contribution in [0.4, 0.5) is 5.69 Å². The van der Waals surface area contributed by atoms with Crippen molar-refractivity contribution < 1.29 is 0 Å². The molecule has 0 aliphatic carbocycles. The monoisotopic (exact) mass is 176 g/mol. The first-order valence-corrected chi connectivity index (χ1v) is 4.94. The lowest BCUT2D eigenvalue weighted by molar-refractivity contribution is 0.393. The van der Waals surface area contributed by atoms with E-state index < -0.39 is 0 Å². The minimum atomic E-state index is 0.751. The molecule has 2 nitrogen and oxygen atoms in total. The molecule has 70 valence electrons. The smallest absolute Gasteiger partial charge is 0.0403 e. The van der Waals surface area contributed by atoms with Gasteiger partial charge in [-0.2, -0.15) is 0 Å². The van der Waals surface area contributed by atoms with Gasteiger partial charge in [0.25, 0.3) is 0 Å². The zero-order valence-electron chi connectivity index (χ0n) is 8.25. The fourth-order valence-corrected chi connectivity index (χ4v) is 1.83. The number of hydrogen-bond donors (Lipinski definition) is 1. The van der Waals surface area contributed by atoms with Gasteiger partial charge in [0.05, 0.1) is 0 Å². The van der Waals surface area contributed by atoms with Crippen molar-refractivity contribution in [1.29, 1.82) is 0 Å². The van der Waals surface area contributed by atoms with Gasteiger partial charge in [0, 0.05) is 24.6 Å². The van der Waals surface area contributed by atoms with Crippen LogP contribution in [0.25, 0.3) is 0 Å². The molecule has 0 amide bonds. The predicted octanol–water partition coefficient (Wildman–Crippen LogP) is 2.32. The lowest BCUT2D eigenvalue weighted by atomic mass is 9.87. The van der Waals surface area contributed by atoms with Gasteiger partial charge >= 0.3 is 0 Å². The van der Waals surface area contributed by atoms with Gasteiger partial charge < -0.3 is 5.32 Å². The molecule has 13 heavy (non-hydrogen) atoms. The fraction of sp³-hybridized carbons (Fsp3) is 0.545. The van der Waals surface area contributed by atoms with E-state index in [9.17, 15) is 0 Å². The molecule has 2 rings (SSSR count). The van der Waals surface area contributed by atoms with Crippen LogP contribution in [0.3, 0.4) is 0 Å². The molecule has 0 saturated heterocycles. The highest BCUT2D eigenvalue weighted by atomic mass is 14.9. The Kier molecular flexibility index (Phi) is 2.21. The van der Waals surface area contributed by atoms with E-state index >= 15 is 0 Å². The van der Waals surface area contributed by atoms with Crippen LogP contribution in [0, 0.1) is 11.8 Å². The normalized spacial score (nSPS) is 21.0. The van der Waals surface area contributed by atoms with Crippen molar-refractivity contribution in [3.8, 4) is 0 Å². The quantitative estimate of drug-likeness (QED) is 0.710. The summed E-state index contributed by atoms with van der Waals surface area (Å²) < 4.78 is 0. The van der Waals surface area contributed by atoms with Gasteiger partial charge in [-0.1, -0.05) is 13.8 Å². The number of fused-ring (bicyclic) bond motifs is 1. The Balaban J connectivity index is 2.20. The van der Waals surface area contributed by atoms with E-state index in [1.165, 1.54) is 17.7 Å². The largest absolute Gasteiger partial charge is 0.384 e. The van der Waals surface area contributed by atoms with E-state index in [2.05, 4.69) is 30.2 Å². The standard InChI is InChI=1S/C11H16N2/c1-8(2)9-5-10-6-12-4-3-11(10)13-7-9/h3-4,6,8-9,13H,5,7H2,1-2H3. The van der Waals surface area contributed by atoms with E-state index in [0.29, 0.717) is 0 Å². The highest BCUT2D eigenvalue weighted by Crippen LogP contribution is 2.27. The summed E-state index contributed by atoms with van der Waals surface area (Å²) in [5.74, 6) is 1.51. The van der Waals surface area contributed by atoms with Crippen LogP contribution in [-0.2, 0) is 6.42 Å².